The first-order valence-electron chi connectivity index (χ1n) is 9.36. The van der Waals surface area contributed by atoms with E-state index < -0.39 is 0 Å². The second-order valence-corrected chi connectivity index (χ2v) is 6.70. The second-order valence-electron chi connectivity index (χ2n) is 6.70. The molecule has 1 aliphatic rings. The van der Waals surface area contributed by atoms with Gasteiger partial charge in [-0.25, -0.2) is 4.52 Å². The highest BCUT2D eigenvalue weighted by molar-refractivity contribution is 5.74. The van der Waals surface area contributed by atoms with Crippen molar-refractivity contribution in [2.45, 2.75) is 18.9 Å². The van der Waals surface area contributed by atoms with Gasteiger partial charge in [-0.05, 0) is 31.0 Å². The number of ether oxygens (including phenoxy) is 3. The van der Waals surface area contributed by atoms with Crippen molar-refractivity contribution in [3.8, 4) is 34.3 Å². The Morgan fingerprint density at radius 3 is 3.07 bits per heavy atom. The average Bonchev–Trinajstić information content (AvgIpc) is 3.52. The normalized spacial score (nSPS) is 16.4. The molecule has 5 rings (SSSR count). The van der Waals surface area contributed by atoms with Crippen molar-refractivity contribution >= 4 is 5.52 Å². The topological polar surface area (TPSA) is 96.8 Å². The van der Waals surface area contributed by atoms with Crippen LogP contribution in [0.3, 0.4) is 0 Å². The molecule has 0 aliphatic carbocycles. The second kappa shape index (κ2) is 7.51. The zero-order valence-corrected chi connectivity index (χ0v) is 15.8. The van der Waals surface area contributed by atoms with E-state index in [9.17, 15) is 0 Å². The van der Waals surface area contributed by atoms with E-state index in [2.05, 4.69) is 20.2 Å². The highest BCUT2D eigenvalue weighted by atomic mass is 16.5. The Hall–Kier alpha value is -3.46. The van der Waals surface area contributed by atoms with Crippen LogP contribution in [0.15, 0.2) is 47.5 Å². The average molecular weight is 393 g/mol. The maximum atomic E-state index is 5.88. The van der Waals surface area contributed by atoms with E-state index in [0.717, 1.165) is 36.1 Å². The molecule has 1 aromatic carbocycles. The minimum atomic E-state index is 0.138. The van der Waals surface area contributed by atoms with Gasteiger partial charge in [-0.1, -0.05) is 5.16 Å². The summed E-state index contributed by atoms with van der Waals surface area (Å²) in [6.07, 6.45) is 9.04. The molecule has 1 fully saturated rings. The molecule has 9 nitrogen and oxygen atoms in total. The summed E-state index contributed by atoms with van der Waals surface area (Å²) in [6, 6.07) is 5.55. The van der Waals surface area contributed by atoms with Gasteiger partial charge in [0, 0.05) is 24.6 Å². The Labute approximate surface area is 166 Å². The molecule has 4 heterocycles. The minimum Gasteiger partial charge on any atom is -0.493 e. The first-order valence-corrected chi connectivity index (χ1v) is 9.36. The van der Waals surface area contributed by atoms with E-state index in [4.69, 9.17) is 18.7 Å². The molecule has 29 heavy (non-hydrogen) atoms. The number of benzene rings is 1. The Morgan fingerprint density at radius 2 is 2.21 bits per heavy atom. The number of methoxy groups -OCH3 is 1. The van der Waals surface area contributed by atoms with Gasteiger partial charge in [0.05, 0.1) is 36.7 Å². The molecule has 1 aliphatic heterocycles. The zero-order chi connectivity index (χ0) is 19.6. The van der Waals surface area contributed by atoms with E-state index in [1.165, 1.54) is 0 Å². The van der Waals surface area contributed by atoms with Crippen molar-refractivity contribution in [2.24, 2.45) is 0 Å². The molecule has 4 aromatic rings. The monoisotopic (exact) mass is 393 g/mol. The van der Waals surface area contributed by atoms with Crippen molar-refractivity contribution < 1.29 is 18.7 Å². The molecule has 0 saturated carbocycles. The lowest BCUT2D eigenvalue weighted by molar-refractivity contribution is 0.0670. The molecule has 0 bridgehead atoms. The molecule has 0 spiro atoms. The van der Waals surface area contributed by atoms with Gasteiger partial charge in [-0.2, -0.15) is 10.1 Å². The highest BCUT2D eigenvalue weighted by Gasteiger charge is 2.19. The Kier molecular flexibility index (Phi) is 4.57. The van der Waals surface area contributed by atoms with Gasteiger partial charge < -0.3 is 18.7 Å². The molecular formula is C20H19N5O4. The smallest absolute Gasteiger partial charge is 0.262 e. The molecule has 0 radical (unpaired) electrons. The molecule has 9 heteroatoms. The maximum Gasteiger partial charge on any atom is 0.262 e. The van der Waals surface area contributed by atoms with Gasteiger partial charge in [0.2, 0.25) is 5.82 Å². The van der Waals surface area contributed by atoms with Crippen LogP contribution >= 0.6 is 0 Å². The summed E-state index contributed by atoms with van der Waals surface area (Å²) >= 11 is 0. The molecule has 1 atom stereocenters. The Balaban J connectivity index is 1.39. The minimum absolute atomic E-state index is 0.138. The molecule has 0 amide bonds. The van der Waals surface area contributed by atoms with Gasteiger partial charge in [0.15, 0.2) is 11.5 Å². The van der Waals surface area contributed by atoms with Crippen molar-refractivity contribution in [1.82, 2.24) is 24.7 Å². The summed E-state index contributed by atoms with van der Waals surface area (Å²) in [6.45, 7) is 1.30. The fourth-order valence-electron chi connectivity index (χ4n) is 3.33. The number of hydrogen-bond donors (Lipinski definition) is 0. The number of rotatable bonds is 6. The third-order valence-corrected chi connectivity index (χ3v) is 4.85. The third kappa shape index (κ3) is 3.40. The molecular weight excluding hydrogens is 374 g/mol. The van der Waals surface area contributed by atoms with Crippen LogP contribution in [0.25, 0.3) is 28.4 Å². The van der Waals surface area contributed by atoms with Gasteiger partial charge >= 0.3 is 0 Å². The van der Waals surface area contributed by atoms with Crippen LogP contribution in [0.2, 0.25) is 0 Å². The first kappa shape index (κ1) is 17.6. The predicted molar refractivity (Wildman–Crippen MR) is 103 cm³/mol. The lowest BCUT2D eigenvalue weighted by Crippen LogP contribution is -2.16. The van der Waals surface area contributed by atoms with E-state index >= 15 is 0 Å². The summed E-state index contributed by atoms with van der Waals surface area (Å²) in [5.74, 6) is 2.09. The van der Waals surface area contributed by atoms with Crippen LogP contribution in [-0.2, 0) is 4.74 Å². The third-order valence-electron chi connectivity index (χ3n) is 4.85. The summed E-state index contributed by atoms with van der Waals surface area (Å²) < 4.78 is 24.1. The Morgan fingerprint density at radius 1 is 1.24 bits per heavy atom. The fraction of sp³-hybridized carbons (Fsp3) is 0.300. The van der Waals surface area contributed by atoms with Gasteiger partial charge in [0.1, 0.15) is 6.61 Å². The molecule has 0 N–H and O–H groups in total. The fourth-order valence-corrected chi connectivity index (χ4v) is 3.33. The first-order chi connectivity index (χ1) is 14.3. The van der Waals surface area contributed by atoms with Crippen LogP contribution in [0.5, 0.6) is 11.5 Å². The summed E-state index contributed by atoms with van der Waals surface area (Å²) in [5.41, 5.74) is 2.27. The van der Waals surface area contributed by atoms with Crippen LogP contribution in [-0.4, -0.2) is 51.2 Å². The van der Waals surface area contributed by atoms with E-state index in [-0.39, 0.29) is 6.10 Å². The lowest BCUT2D eigenvalue weighted by Gasteiger charge is -2.14. The standard InChI is InChI=1S/C20H19N5O4/c1-26-18-9-13(4-5-17(18)28-12-14-3-2-8-27-14)19-23-20(29-24-19)15-10-22-25-7-6-21-11-16(15)25/h4-7,9-11,14H,2-3,8,12H2,1H3. The molecule has 3 aromatic heterocycles. The van der Waals surface area contributed by atoms with E-state index in [0.29, 0.717) is 29.8 Å². The number of fused-ring (bicyclic) bond motifs is 1. The van der Waals surface area contributed by atoms with Crippen molar-refractivity contribution in [1.29, 1.82) is 0 Å². The summed E-state index contributed by atoms with van der Waals surface area (Å²) in [7, 11) is 1.60. The number of nitrogens with zero attached hydrogens (tertiary/aromatic N) is 5. The Bertz CT molecular complexity index is 1130. The van der Waals surface area contributed by atoms with Gasteiger partial charge in [0.25, 0.3) is 5.89 Å². The van der Waals surface area contributed by atoms with Crippen molar-refractivity contribution in [3.05, 3.63) is 43.0 Å². The lowest BCUT2D eigenvalue weighted by atomic mass is 10.2. The van der Waals surface area contributed by atoms with Crippen LogP contribution in [0, 0.1) is 0 Å². The van der Waals surface area contributed by atoms with E-state index in [1.54, 1.807) is 36.4 Å². The van der Waals surface area contributed by atoms with Crippen LogP contribution in [0.1, 0.15) is 12.8 Å². The summed E-state index contributed by atoms with van der Waals surface area (Å²) in [5, 5.41) is 8.37. The van der Waals surface area contributed by atoms with Crippen LogP contribution < -0.4 is 9.47 Å². The van der Waals surface area contributed by atoms with Gasteiger partial charge in [-0.15, -0.1) is 0 Å². The molecule has 148 valence electrons. The number of aromatic nitrogens is 5. The van der Waals surface area contributed by atoms with Crippen LogP contribution in [0.4, 0.5) is 0 Å². The zero-order valence-electron chi connectivity index (χ0n) is 15.8. The largest absolute Gasteiger partial charge is 0.493 e. The highest BCUT2D eigenvalue weighted by Crippen LogP contribution is 2.33. The SMILES string of the molecule is COc1cc(-c2noc(-c3cnn4ccncc34)n2)ccc1OCC1CCCO1. The quantitative estimate of drug-likeness (QED) is 0.493. The maximum absolute atomic E-state index is 5.88. The van der Waals surface area contributed by atoms with E-state index in [1.807, 2.05) is 18.2 Å². The molecule has 1 unspecified atom stereocenters. The predicted octanol–water partition coefficient (Wildman–Crippen LogP) is 3.01. The van der Waals surface area contributed by atoms with Crippen molar-refractivity contribution in [2.75, 3.05) is 20.3 Å². The van der Waals surface area contributed by atoms with Crippen molar-refractivity contribution in [3.63, 3.8) is 0 Å². The summed E-state index contributed by atoms with van der Waals surface area (Å²) in [4.78, 5) is 8.64. The molecule has 1 saturated heterocycles. The van der Waals surface area contributed by atoms with Gasteiger partial charge in [-0.3, -0.25) is 4.98 Å². The number of hydrogen-bond acceptors (Lipinski definition) is 8.